The van der Waals surface area contributed by atoms with Crippen LogP contribution in [0.15, 0.2) is 12.5 Å². The van der Waals surface area contributed by atoms with Gasteiger partial charge in [-0.2, -0.15) is 0 Å². The molecule has 1 heterocycles. The molecule has 1 atom stereocenters. The zero-order valence-corrected chi connectivity index (χ0v) is 9.52. The van der Waals surface area contributed by atoms with Gasteiger partial charge in [0.05, 0.1) is 6.33 Å². The molecule has 3 heteroatoms. The highest BCUT2D eigenvalue weighted by molar-refractivity contribution is 5.08. The minimum atomic E-state index is 0.379. The zero-order chi connectivity index (χ0) is 10.7. The molecule has 1 aromatic rings. The predicted molar refractivity (Wildman–Crippen MR) is 61.8 cm³/mol. The Morgan fingerprint density at radius 1 is 1.47 bits per heavy atom. The van der Waals surface area contributed by atoms with E-state index in [1.54, 1.807) is 0 Å². The smallest absolute Gasteiger partial charge is 0.0951 e. The van der Waals surface area contributed by atoms with E-state index in [9.17, 15) is 0 Å². The fraction of sp³-hybridized carbons (Fsp3) is 0.750. The van der Waals surface area contributed by atoms with E-state index < -0.39 is 0 Å². The molecule has 1 saturated carbocycles. The molecule has 0 amide bonds. The van der Waals surface area contributed by atoms with Gasteiger partial charge in [-0.15, -0.1) is 0 Å². The van der Waals surface area contributed by atoms with Gasteiger partial charge in [0.25, 0.3) is 0 Å². The molecule has 1 unspecified atom stereocenters. The van der Waals surface area contributed by atoms with Crippen molar-refractivity contribution in [3.8, 4) is 0 Å². The first kappa shape index (κ1) is 10.7. The van der Waals surface area contributed by atoms with Gasteiger partial charge >= 0.3 is 0 Å². The average Bonchev–Trinajstić information content (AvgIpc) is 2.78. The standard InChI is InChI=1S/C12H21N3/c1-10(7-13)15-9-14-8-12(15)11-5-3-2-4-6-11/h8-11H,2-7,13H2,1H3. The monoisotopic (exact) mass is 207 g/mol. The molecule has 0 aromatic carbocycles. The Morgan fingerprint density at radius 3 is 2.87 bits per heavy atom. The third-order valence-corrected chi connectivity index (χ3v) is 3.54. The predicted octanol–water partition coefficient (Wildman–Crippen LogP) is 2.45. The lowest BCUT2D eigenvalue weighted by molar-refractivity contribution is 0.411. The molecule has 1 fully saturated rings. The Kier molecular flexibility index (Phi) is 3.41. The van der Waals surface area contributed by atoms with Crippen LogP contribution in [0.25, 0.3) is 0 Å². The van der Waals surface area contributed by atoms with Crippen LogP contribution in [0.3, 0.4) is 0 Å². The van der Waals surface area contributed by atoms with Crippen molar-refractivity contribution >= 4 is 0 Å². The fourth-order valence-corrected chi connectivity index (χ4v) is 2.51. The Labute approximate surface area is 91.7 Å². The number of aromatic nitrogens is 2. The molecule has 0 aliphatic heterocycles. The number of imidazole rings is 1. The third kappa shape index (κ3) is 2.23. The van der Waals surface area contributed by atoms with Crippen LogP contribution in [0.1, 0.15) is 56.7 Å². The van der Waals surface area contributed by atoms with Crippen LogP contribution in [0.4, 0.5) is 0 Å². The first-order valence-electron chi connectivity index (χ1n) is 6.04. The van der Waals surface area contributed by atoms with Crippen molar-refractivity contribution in [3.05, 3.63) is 18.2 Å². The van der Waals surface area contributed by atoms with E-state index in [0.717, 1.165) is 5.92 Å². The molecule has 1 aromatic heterocycles. The van der Waals surface area contributed by atoms with Crippen molar-refractivity contribution in [2.75, 3.05) is 6.54 Å². The van der Waals surface area contributed by atoms with Gasteiger partial charge in [0.2, 0.25) is 0 Å². The third-order valence-electron chi connectivity index (χ3n) is 3.54. The van der Waals surface area contributed by atoms with Gasteiger partial charge < -0.3 is 10.3 Å². The van der Waals surface area contributed by atoms with E-state index in [1.807, 2.05) is 12.5 Å². The van der Waals surface area contributed by atoms with E-state index in [0.29, 0.717) is 12.6 Å². The molecule has 1 aliphatic carbocycles. The molecule has 0 bridgehead atoms. The minimum Gasteiger partial charge on any atom is -0.330 e. The first-order valence-corrected chi connectivity index (χ1v) is 6.04. The van der Waals surface area contributed by atoms with Gasteiger partial charge in [-0.1, -0.05) is 19.3 Å². The summed E-state index contributed by atoms with van der Waals surface area (Å²) in [4.78, 5) is 4.27. The lowest BCUT2D eigenvalue weighted by Crippen LogP contribution is -2.19. The van der Waals surface area contributed by atoms with Gasteiger partial charge in [0.1, 0.15) is 0 Å². The number of rotatable bonds is 3. The van der Waals surface area contributed by atoms with Crippen LogP contribution in [-0.2, 0) is 0 Å². The number of hydrogen-bond acceptors (Lipinski definition) is 2. The van der Waals surface area contributed by atoms with Crippen molar-refractivity contribution in [2.24, 2.45) is 5.73 Å². The largest absolute Gasteiger partial charge is 0.330 e. The first-order chi connectivity index (χ1) is 7.33. The summed E-state index contributed by atoms with van der Waals surface area (Å²) in [5.74, 6) is 0.718. The summed E-state index contributed by atoms with van der Waals surface area (Å²) >= 11 is 0. The molecule has 0 spiro atoms. The van der Waals surface area contributed by atoms with E-state index >= 15 is 0 Å². The molecule has 0 radical (unpaired) electrons. The van der Waals surface area contributed by atoms with Crippen LogP contribution in [-0.4, -0.2) is 16.1 Å². The SMILES string of the molecule is CC(CN)n1cncc1C1CCCCC1. The second-order valence-corrected chi connectivity index (χ2v) is 4.65. The van der Waals surface area contributed by atoms with Gasteiger partial charge in [-0.25, -0.2) is 4.98 Å². The van der Waals surface area contributed by atoms with Crippen molar-refractivity contribution in [1.82, 2.24) is 9.55 Å². The van der Waals surface area contributed by atoms with E-state index in [1.165, 1.54) is 37.8 Å². The molecule has 1 aliphatic rings. The molecule has 2 rings (SSSR count). The van der Waals surface area contributed by atoms with Gasteiger partial charge in [0, 0.05) is 30.4 Å². The maximum Gasteiger partial charge on any atom is 0.0951 e. The molecular weight excluding hydrogens is 186 g/mol. The van der Waals surface area contributed by atoms with E-state index in [2.05, 4.69) is 16.5 Å². The maximum absolute atomic E-state index is 5.71. The van der Waals surface area contributed by atoms with Crippen molar-refractivity contribution < 1.29 is 0 Å². The normalized spacial score (nSPS) is 20.4. The Bertz CT molecular complexity index is 300. The summed E-state index contributed by atoms with van der Waals surface area (Å²) in [6.45, 7) is 2.85. The number of hydrogen-bond donors (Lipinski definition) is 1. The van der Waals surface area contributed by atoms with Crippen molar-refractivity contribution in [2.45, 2.75) is 51.0 Å². The van der Waals surface area contributed by atoms with E-state index in [4.69, 9.17) is 5.73 Å². The van der Waals surface area contributed by atoms with Gasteiger partial charge in [0.15, 0.2) is 0 Å². The van der Waals surface area contributed by atoms with Crippen LogP contribution in [0.2, 0.25) is 0 Å². The van der Waals surface area contributed by atoms with Gasteiger partial charge in [-0.05, 0) is 19.8 Å². The van der Waals surface area contributed by atoms with Crippen LogP contribution < -0.4 is 5.73 Å². The lowest BCUT2D eigenvalue weighted by atomic mass is 9.87. The topological polar surface area (TPSA) is 43.8 Å². The Morgan fingerprint density at radius 2 is 2.20 bits per heavy atom. The minimum absolute atomic E-state index is 0.379. The van der Waals surface area contributed by atoms with Crippen LogP contribution >= 0.6 is 0 Å². The average molecular weight is 207 g/mol. The quantitative estimate of drug-likeness (QED) is 0.827. The Balaban J connectivity index is 2.15. The number of nitrogens with two attached hydrogens (primary N) is 1. The second kappa shape index (κ2) is 4.79. The summed E-state index contributed by atoms with van der Waals surface area (Å²) in [7, 11) is 0. The highest BCUT2D eigenvalue weighted by Crippen LogP contribution is 2.33. The lowest BCUT2D eigenvalue weighted by Gasteiger charge is -2.24. The van der Waals surface area contributed by atoms with Crippen LogP contribution in [0, 0.1) is 0 Å². The molecule has 0 saturated heterocycles. The molecule has 84 valence electrons. The molecular formula is C12H21N3. The zero-order valence-electron chi connectivity index (χ0n) is 9.52. The van der Waals surface area contributed by atoms with Crippen molar-refractivity contribution in [1.29, 1.82) is 0 Å². The summed E-state index contributed by atoms with van der Waals surface area (Å²) in [5, 5.41) is 0. The second-order valence-electron chi connectivity index (χ2n) is 4.65. The summed E-state index contributed by atoms with van der Waals surface area (Å²) in [5.41, 5.74) is 7.11. The fourth-order valence-electron chi connectivity index (χ4n) is 2.51. The van der Waals surface area contributed by atoms with E-state index in [-0.39, 0.29) is 0 Å². The molecule has 15 heavy (non-hydrogen) atoms. The summed E-state index contributed by atoms with van der Waals surface area (Å²) in [6.07, 6.45) is 10.7. The highest BCUT2D eigenvalue weighted by Gasteiger charge is 2.20. The molecule has 2 N–H and O–H groups in total. The van der Waals surface area contributed by atoms with Crippen molar-refractivity contribution in [3.63, 3.8) is 0 Å². The Hall–Kier alpha value is -0.830. The molecule has 3 nitrogen and oxygen atoms in total. The summed E-state index contributed by atoms with van der Waals surface area (Å²) < 4.78 is 2.26. The summed E-state index contributed by atoms with van der Waals surface area (Å²) in [6, 6.07) is 0.379. The highest BCUT2D eigenvalue weighted by atomic mass is 15.1. The number of nitrogens with zero attached hydrogens (tertiary/aromatic N) is 2. The van der Waals surface area contributed by atoms with Crippen LogP contribution in [0.5, 0.6) is 0 Å². The van der Waals surface area contributed by atoms with Gasteiger partial charge in [-0.3, -0.25) is 0 Å². The maximum atomic E-state index is 5.71.